The summed E-state index contributed by atoms with van der Waals surface area (Å²) in [4.78, 5) is 16.4. The molecule has 0 radical (unpaired) electrons. The minimum Gasteiger partial charge on any atom is -0.497 e. The molecule has 1 N–H and O–H groups in total. The van der Waals surface area contributed by atoms with E-state index >= 15 is 0 Å². The van der Waals surface area contributed by atoms with E-state index in [4.69, 9.17) is 4.74 Å². The number of hydrogen-bond donors (Lipinski definition) is 1. The van der Waals surface area contributed by atoms with Gasteiger partial charge in [0.15, 0.2) is 5.82 Å². The number of aromatic nitrogens is 3. The molecule has 2 aromatic heterocycles. The van der Waals surface area contributed by atoms with E-state index in [2.05, 4.69) is 15.4 Å². The van der Waals surface area contributed by atoms with Crippen molar-refractivity contribution in [3.63, 3.8) is 0 Å². The fourth-order valence-corrected chi connectivity index (χ4v) is 2.48. The maximum atomic E-state index is 12.1. The van der Waals surface area contributed by atoms with Gasteiger partial charge < -0.3 is 10.1 Å². The summed E-state index contributed by atoms with van der Waals surface area (Å²) in [6.07, 6.45) is 6.37. The molecule has 0 aliphatic rings. The lowest BCUT2D eigenvalue weighted by molar-refractivity contribution is -0.121. The number of benzene rings is 1. The summed E-state index contributed by atoms with van der Waals surface area (Å²) in [6.45, 7) is 0.466. The standard InChI is InChI=1S/C19H20N4O2/c1-25-17-5-2-4-15(12-17)6-7-19(24)21-14-16-8-10-20-18(13-16)23-11-3-9-22-23/h2-5,8-13H,6-7,14H2,1H3,(H,21,24). The van der Waals surface area contributed by atoms with Gasteiger partial charge >= 0.3 is 0 Å². The van der Waals surface area contributed by atoms with Gasteiger partial charge in [-0.3, -0.25) is 4.79 Å². The van der Waals surface area contributed by atoms with Crippen LogP contribution in [-0.2, 0) is 17.8 Å². The number of carbonyl (C=O) groups excluding carboxylic acids is 1. The van der Waals surface area contributed by atoms with Gasteiger partial charge in [-0.2, -0.15) is 5.10 Å². The average molecular weight is 336 g/mol. The van der Waals surface area contributed by atoms with Crippen LogP contribution in [0.25, 0.3) is 5.82 Å². The summed E-state index contributed by atoms with van der Waals surface area (Å²) in [7, 11) is 1.64. The molecule has 0 bridgehead atoms. The lowest BCUT2D eigenvalue weighted by Crippen LogP contribution is -2.23. The molecule has 0 aliphatic heterocycles. The van der Waals surface area contributed by atoms with E-state index in [0.29, 0.717) is 19.4 Å². The topological polar surface area (TPSA) is 69.0 Å². The lowest BCUT2D eigenvalue weighted by Gasteiger charge is -2.08. The van der Waals surface area contributed by atoms with Crippen molar-refractivity contribution in [2.45, 2.75) is 19.4 Å². The minimum absolute atomic E-state index is 0.0141. The molecule has 2 heterocycles. The second-order valence-electron chi connectivity index (χ2n) is 5.60. The van der Waals surface area contributed by atoms with Crippen LogP contribution in [0.2, 0.25) is 0 Å². The molecule has 25 heavy (non-hydrogen) atoms. The number of nitrogens with zero attached hydrogens (tertiary/aromatic N) is 3. The number of pyridine rings is 1. The summed E-state index contributed by atoms with van der Waals surface area (Å²) in [6, 6.07) is 13.4. The summed E-state index contributed by atoms with van der Waals surface area (Å²) in [5.74, 6) is 1.55. The number of methoxy groups -OCH3 is 1. The molecule has 0 spiro atoms. The van der Waals surface area contributed by atoms with Crippen molar-refractivity contribution in [1.29, 1.82) is 0 Å². The van der Waals surface area contributed by atoms with Crippen molar-refractivity contribution in [3.05, 3.63) is 72.2 Å². The third kappa shape index (κ3) is 4.67. The lowest BCUT2D eigenvalue weighted by atomic mass is 10.1. The molecule has 0 aliphatic carbocycles. The van der Waals surface area contributed by atoms with E-state index in [0.717, 1.165) is 22.7 Å². The molecule has 3 rings (SSSR count). The van der Waals surface area contributed by atoms with Gasteiger partial charge in [-0.1, -0.05) is 12.1 Å². The summed E-state index contributed by atoms with van der Waals surface area (Å²) < 4.78 is 6.88. The Morgan fingerprint density at radius 2 is 2.08 bits per heavy atom. The summed E-state index contributed by atoms with van der Waals surface area (Å²) in [5.41, 5.74) is 2.06. The molecule has 0 saturated heterocycles. The Hall–Kier alpha value is -3.15. The van der Waals surface area contributed by atoms with Gasteiger partial charge in [0.25, 0.3) is 0 Å². The molecular formula is C19H20N4O2. The van der Waals surface area contributed by atoms with Gasteiger partial charge in [-0.05, 0) is 47.9 Å². The van der Waals surface area contributed by atoms with Crippen molar-refractivity contribution in [1.82, 2.24) is 20.1 Å². The van der Waals surface area contributed by atoms with Gasteiger partial charge in [0, 0.05) is 31.6 Å². The molecule has 0 unspecified atom stereocenters. The SMILES string of the molecule is COc1cccc(CCC(=O)NCc2ccnc(-n3cccn3)c2)c1. The number of ether oxygens (including phenoxy) is 1. The third-order valence-electron chi connectivity index (χ3n) is 3.81. The molecule has 0 fully saturated rings. The number of nitrogens with one attached hydrogen (secondary N) is 1. The zero-order chi connectivity index (χ0) is 17.5. The monoisotopic (exact) mass is 336 g/mol. The number of hydrogen-bond acceptors (Lipinski definition) is 4. The van der Waals surface area contributed by atoms with Crippen molar-refractivity contribution < 1.29 is 9.53 Å². The third-order valence-corrected chi connectivity index (χ3v) is 3.81. The van der Waals surface area contributed by atoms with Gasteiger partial charge in [0.2, 0.25) is 5.91 Å². The Kier molecular flexibility index (Phi) is 5.41. The van der Waals surface area contributed by atoms with E-state index in [1.807, 2.05) is 48.7 Å². The van der Waals surface area contributed by atoms with Gasteiger partial charge in [-0.25, -0.2) is 9.67 Å². The minimum atomic E-state index is 0.0141. The highest BCUT2D eigenvalue weighted by Crippen LogP contribution is 2.14. The van der Waals surface area contributed by atoms with Gasteiger partial charge in [0.1, 0.15) is 5.75 Å². The molecule has 128 valence electrons. The van der Waals surface area contributed by atoms with Crippen LogP contribution in [0.4, 0.5) is 0 Å². The first kappa shape index (κ1) is 16.7. The molecule has 1 amide bonds. The highest BCUT2D eigenvalue weighted by atomic mass is 16.5. The van der Waals surface area contributed by atoms with Crippen molar-refractivity contribution in [2.75, 3.05) is 7.11 Å². The Morgan fingerprint density at radius 3 is 2.88 bits per heavy atom. The normalized spacial score (nSPS) is 10.4. The van der Waals surface area contributed by atoms with Crippen LogP contribution in [0.15, 0.2) is 61.1 Å². The van der Waals surface area contributed by atoms with Gasteiger partial charge in [0.05, 0.1) is 7.11 Å². The predicted octanol–water partition coefficient (Wildman–Crippen LogP) is 2.52. The molecule has 6 heteroatoms. The van der Waals surface area contributed by atoms with E-state index in [1.54, 1.807) is 24.2 Å². The molecule has 0 saturated carbocycles. The van der Waals surface area contributed by atoms with Crippen LogP contribution in [0.3, 0.4) is 0 Å². The van der Waals surface area contributed by atoms with Gasteiger partial charge in [-0.15, -0.1) is 0 Å². The quantitative estimate of drug-likeness (QED) is 0.720. The fourth-order valence-electron chi connectivity index (χ4n) is 2.48. The number of rotatable bonds is 7. The molecule has 1 aromatic carbocycles. The highest BCUT2D eigenvalue weighted by Gasteiger charge is 2.05. The number of aryl methyl sites for hydroxylation is 1. The van der Waals surface area contributed by atoms with E-state index < -0.39 is 0 Å². The fraction of sp³-hybridized carbons (Fsp3) is 0.211. The second kappa shape index (κ2) is 8.10. The van der Waals surface area contributed by atoms with E-state index in [-0.39, 0.29) is 5.91 Å². The average Bonchev–Trinajstić information content (AvgIpc) is 3.20. The van der Waals surface area contributed by atoms with Crippen LogP contribution in [0.5, 0.6) is 5.75 Å². The smallest absolute Gasteiger partial charge is 0.220 e. The molecule has 3 aromatic rings. The van der Waals surface area contributed by atoms with Crippen LogP contribution in [0, 0.1) is 0 Å². The molecular weight excluding hydrogens is 316 g/mol. The first-order chi connectivity index (χ1) is 12.2. The van der Waals surface area contributed by atoms with E-state index in [9.17, 15) is 4.79 Å². The first-order valence-corrected chi connectivity index (χ1v) is 8.09. The summed E-state index contributed by atoms with van der Waals surface area (Å²) >= 11 is 0. The molecule has 0 atom stereocenters. The van der Waals surface area contributed by atoms with Crippen LogP contribution in [0.1, 0.15) is 17.5 Å². The Labute approximate surface area is 146 Å². The Morgan fingerprint density at radius 1 is 1.16 bits per heavy atom. The number of carbonyl (C=O) groups is 1. The molecule has 6 nitrogen and oxygen atoms in total. The first-order valence-electron chi connectivity index (χ1n) is 8.09. The Bertz CT molecular complexity index is 831. The largest absolute Gasteiger partial charge is 0.497 e. The van der Waals surface area contributed by atoms with Crippen molar-refractivity contribution in [3.8, 4) is 11.6 Å². The summed E-state index contributed by atoms with van der Waals surface area (Å²) in [5, 5.41) is 7.10. The Balaban J connectivity index is 1.51. The maximum Gasteiger partial charge on any atom is 0.220 e. The van der Waals surface area contributed by atoms with Crippen molar-refractivity contribution in [2.24, 2.45) is 0 Å². The van der Waals surface area contributed by atoms with Crippen LogP contribution >= 0.6 is 0 Å². The van der Waals surface area contributed by atoms with Crippen molar-refractivity contribution >= 4 is 5.91 Å². The number of amides is 1. The zero-order valence-corrected chi connectivity index (χ0v) is 14.1. The second-order valence-corrected chi connectivity index (χ2v) is 5.60. The van der Waals surface area contributed by atoms with Crippen LogP contribution < -0.4 is 10.1 Å². The zero-order valence-electron chi connectivity index (χ0n) is 14.1. The van der Waals surface area contributed by atoms with Crippen LogP contribution in [-0.4, -0.2) is 27.8 Å². The predicted molar refractivity (Wildman–Crippen MR) is 94.5 cm³/mol. The maximum absolute atomic E-state index is 12.1. The van der Waals surface area contributed by atoms with E-state index in [1.165, 1.54) is 0 Å². The highest BCUT2D eigenvalue weighted by molar-refractivity contribution is 5.76.